The minimum absolute atomic E-state index is 0. The molecule has 0 aromatic carbocycles. The van der Waals surface area contributed by atoms with Gasteiger partial charge in [0, 0.05) is 19.6 Å². The van der Waals surface area contributed by atoms with Gasteiger partial charge in [-0.15, -0.1) is 17.0 Å². The molecule has 0 aromatic rings. The number of hydrogen-bond acceptors (Lipinski definition) is 2. The number of rotatable bonds is 2. The lowest BCUT2D eigenvalue weighted by Crippen LogP contribution is -2.49. The van der Waals surface area contributed by atoms with Gasteiger partial charge >= 0.3 is 0 Å². The molecule has 1 heterocycles. The summed E-state index contributed by atoms with van der Waals surface area (Å²) in [6.07, 6.45) is 5.39. The molecule has 1 saturated heterocycles. The summed E-state index contributed by atoms with van der Waals surface area (Å²) < 4.78 is 0. The fraction of sp³-hybridized carbons (Fsp3) is 0.900. The Morgan fingerprint density at radius 3 is 2.71 bits per heavy atom. The Morgan fingerprint density at radius 2 is 2.07 bits per heavy atom. The Kier molecular flexibility index (Phi) is 4.89. The summed E-state index contributed by atoms with van der Waals surface area (Å²) in [6, 6.07) is 0. The van der Waals surface area contributed by atoms with Crippen molar-refractivity contribution < 1.29 is 4.79 Å². The van der Waals surface area contributed by atoms with Crippen LogP contribution in [-0.4, -0.2) is 37.0 Å². The van der Waals surface area contributed by atoms with Crippen LogP contribution in [0.3, 0.4) is 0 Å². The molecular weight excluding hydrogens is 244 g/mol. The number of nitrogens with one attached hydrogen (secondary N) is 1. The third-order valence-electron chi connectivity index (χ3n) is 3.14. The van der Waals surface area contributed by atoms with Crippen LogP contribution in [0.1, 0.15) is 25.7 Å². The highest BCUT2D eigenvalue weighted by molar-refractivity contribution is 8.93. The van der Waals surface area contributed by atoms with Gasteiger partial charge in [0.1, 0.15) is 0 Å². The highest BCUT2D eigenvalue weighted by Gasteiger charge is 2.23. The standard InChI is InChI=1S/C10H18N2O.BrH/c13-10-7-11-5-6-12(10)8-9-3-1-2-4-9;/h9,11H,1-8H2;1H. The normalized spacial score (nSPS) is 23.7. The van der Waals surface area contributed by atoms with Crippen LogP contribution in [0.5, 0.6) is 0 Å². The Morgan fingerprint density at radius 1 is 1.36 bits per heavy atom. The maximum Gasteiger partial charge on any atom is 0.236 e. The van der Waals surface area contributed by atoms with Crippen LogP contribution < -0.4 is 5.32 Å². The Labute approximate surface area is 96.0 Å². The SMILES string of the molecule is Br.O=C1CNCCN1CC1CCCC1. The highest BCUT2D eigenvalue weighted by atomic mass is 79.9. The predicted molar refractivity (Wildman–Crippen MR) is 61.7 cm³/mol. The van der Waals surface area contributed by atoms with Crippen LogP contribution in [-0.2, 0) is 4.79 Å². The van der Waals surface area contributed by atoms with E-state index in [-0.39, 0.29) is 22.9 Å². The van der Waals surface area contributed by atoms with E-state index in [1.54, 1.807) is 0 Å². The fourth-order valence-electron chi connectivity index (χ4n) is 2.34. The van der Waals surface area contributed by atoms with Crippen LogP contribution in [0.15, 0.2) is 0 Å². The van der Waals surface area contributed by atoms with Crippen LogP contribution in [0, 0.1) is 5.92 Å². The van der Waals surface area contributed by atoms with Gasteiger partial charge in [0.15, 0.2) is 0 Å². The van der Waals surface area contributed by atoms with Crippen molar-refractivity contribution in [1.82, 2.24) is 10.2 Å². The number of nitrogens with zero attached hydrogens (tertiary/aromatic N) is 1. The van der Waals surface area contributed by atoms with Crippen LogP contribution >= 0.6 is 17.0 Å². The second-order valence-corrected chi connectivity index (χ2v) is 4.17. The van der Waals surface area contributed by atoms with Crippen molar-refractivity contribution in [3.8, 4) is 0 Å². The van der Waals surface area contributed by atoms with E-state index in [2.05, 4.69) is 5.32 Å². The lowest BCUT2D eigenvalue weighted by atomic mass is 10.1. The molecule has 0 bridgehead atoms. The number of carbonyl (C=O) groups is 1. The maximum atomic E-state index is 11.4. The molecule has 0 radical (unpaired) electrons. The van der Waals surface area contributed by atoms with E-state index >= 15 is 0 Å². The summed E-state index contributed by atoms with van der Waals surface area (Å²) in [5.74, 6) is 1.08. The Balaban J connectivity index is 0.000000980. The van der Waals surface area contributed by atoms with E-state index in [1.807, 2.05) is 4.90 Å². The van der Waals surface area contributed by atoms with Gasteiger partial charge in [0.05, 0.1) is 6.54 Å². The smallest absolute Gasteiger partial charge is 0.236 e. The van der Waals surface area contributed by atoms with E-state index < -0.39 is 0 Å². The second-order valence-electron chi connectivity index (χ2n) is 4.17. The van der Waals surface area contributed by atoms with E-state index in [0.29, 0.717) is 6.54 Å². The fourth-order valence-corrected chi connectivity index (χ4v) is 2.34. The maximum absolute atomic E-state index is 11.4. The van der Waals surface area contributed by atoms with Gasteiger partial charge in [-0.1, -0.05) is 12.8 Å². The van der Waals surface area contributed by atoms with Gasteiger partial charge in [-0.05, 0) is 18.8 Å². The Bertz CT molecular complexity index is 193. The van der Waals surface area contributed by atoms with E-state index in [9.17, 15) is 4.79 Å². The molecule has 1 amide bonds. The van der Waals surface area contributed by atoms with Crippen molar-refractivity contribution in [2.24, 2.45) is 5.92 Å². The summed E-state index contributed by atoms with van der Waals surface area (Å²) in [4.78, 5) is 13.5. The molecule has 1 aliphatic carbocycles. The third kappa shape index (κ3) is 2.95. The zero-order chi connectivity index (χ0) is 9.10. The number of piperazine rings is 1. The molecule has 0 unspecified atom stereocenters. The molecule has 0 atom stereocenters. The molecular formula is C10H19BrN2O. The number of carbonyl (C=O) groups excluding carboxylic acids is 1. The summed E-state index contributed by atoms with van der Waals surface area (Å²) in [6.45, 7) is 3.45. The van der Waals surface area contributed by atoms with Crippen LogP contribution in [0.4, 0.5) is 0 Å². The number of amides is 1. The minimum atomic E-state index is 0. The summed E-state index contributed by atoms with van der Waals surface area (Å²) in [5, 5.41) is 3.10. The molecule has 2 aliphatic rings. The van der Waals surface area contributed by atoms with E-state index in [0.717, 1.165) is 25.6 Å². The highest BCUT2D eigenvalue weighted by Crippen LogP contribution is 2.25. The molecule has 1 saturated carbocycles. The van der Waals surface area contributed by atoms with Gasteiger partial charge in [-0.3, -0.25) is 4.79 Å². The van der Waals surface area contributed by atoms with Crippen molar-refractivity contribution >= 4 is 22.9 Å². The molecule has 0 spiro atoms. The van der Waals surface area contributed by atoms with Gasteiger partial charge < -0.3 is 10.2 Å². The van der Waals surface area contributed by atoms with Crippen molar-refractivity contribution in [1.29, 1.82) is 0 Å². The van der Waals surface area contributed by atoms with Gasteiger partial charge in [-0.2, -0.15) is 0 Å². The first-order valence-corrected chi connectivity index (χ1v) is 5.35. The third-order valence-corrected chi connectivity index (χ3v) is 3.14. The number of hydrogen-bond donors (Lipinski definition) is 1. The van der Waals surface area contributed by atoms with E-state index in [4.69, 9.17) is 0 Å². The summed E-state index contributed by atoms with van der Waals surface area (Å²) in [7, 11) is 0. The summed E-state index contributed by atoms with van der Waals surface area (Å²) in [5.41, 5.74) is 0. The average Bonchev–Trinajstić information content (AvgIpc) is 2.61. The lowest BCUT2D eigenvalue weighted by Gasteiger charge is -2.29. The van der Waals surface area contributed by atoms with E-state index in [1.165, 1.54) is 25.7 Å². The first-order valence-electron chi connectivity index (χ1n) is 5.35. The zero-order valence-corrected chi connectivity index (χ0v) is 10.2. The molecule has 1 N–H and O–H groups in total. The molecule has 1 aliphatic heterocycles. The monoisotopic (exact) mass is 262 g/mol. The second kappa shape index (κ2) is 5.71. The quantitative estimate of drug-likeness (QED) is 0.811. The largest absolute Gasteiger partial charge is 0.340 e. The molecule has 4 heteroatoms. The first-order chi connectivity index (χ1) is 6.36. The molecule has 2 fully saturated rings. The van der Waals surface area contributed by atoms with Crippen molar-refractivity contribution in [3.05, 3.63) is 0 Å². The summed E-state index contributed by atoms with van der Waals surface area (Å²) >= 11 is 0. The molecule has 82 valence electrons. The number of halogens is 1. The average molecular weight is 263 g/mol. The topological polar surface area (TPSA) is 32.3 Å². The molecule has 3 nitrogen and oxygen atoms in total. The van der Waals surface area contributed by atoms with Crippen molar-refractivity contribution in [3.63, 3.8) is 0 Å². The molecule has 2 rings (SSSR count). The minimum Gasteiger partial charge on any atom is -0.340 e. The first kappa shape index (κ1) is 12.0. The van der Waals surface area contributed by atoms with Crippen LogP contribution in [0.2, 0.25) is 0 Å². The molecule has 14 heavy (non-hydrogen) atoms. The van der Waals surface area contributed by atoms with Crippen molar-refractivity contribution in [2.45, 2.75) is 25.7 Å². The lowest BCUT2D eigenvalue weighted by molar-refractivity contribution is -0.132. The Hall–Kier alpha value is -0.0900. The van der Waals surface area contributed by atoms with Gasteiger partial charge in [-0.25, -0.2) is 0 Å². The van der Waals surface area contributed by atoms with Gasteiger partial charge in [0.2, 0.25) is 5.91 Å². The van der Waals surface area contributed by atoms with Crippen molar-refractivity contribution in [2.75, 3.05) is 26.2 Å². The molecule has 0 aromatic heterocycles. The zero-order valence-electron chi connectivity index (χ0n) is 8.50. The van der Waals surface area contributed by atoms with Crippen LogP contribution in [0.25, 0.3) is 0 Å². The van der Waals surface area contributed by atoms with Gasteiger partial charge in [0.25, 0.3) is 0 Å². The predicted octanol–water partition coefficient (Wildman–Crippen LogP) is 1.19.